The molecule has 0 atom stereocenters. The van der Waals surface area contributed by atoms with Gasteiger partial charge in [-0.05, 0) is 37.6 Å². The molecule has 0 aliphatic carbocycles. The van der Waals surface area contributed by atoms with Gasteiger partial charge >= 0.3 is 7.82 Å². The predicted octanol–water partition coefficient (Wildman–Crippen LogP) is 3.25. The van der Waals surface area contributed by atoms with Crippen molar-refractivity contribution in [3.05, 3.63) is 36.4 Å². The Bertz CT molecular complexity index is 384. The molecule has 0 aliphatic rings. The monoisotopic (exact) mass is 257 g/mol. The van der Waals surface area contributed by atoms with Crippen molar-refractivity contribution in [3.63, 3.8) is 0 Å². The van der Waals surface area contributed by atoms with Crippen LogP contribution in [0.2, 0.25) is 0 Å². The summed E-state index contributed by atoms with van der Waals surface area (Å²) in [6.45, 7) is 3.98. The highest BCUT2D eigenvalue weighted by Crippen LogP contribution is 2.49. The molecule has 0 N–H and O–H groups in total. The number of rotatable bonds is 7. The number of hydrogen-bond donors (Lipinski definition) is 0. The second kappa shape index (κ2) is 7.22. The number of nitrogens with zero attached hydrogens (tertiary/aromatic N) is 1. The van der Waals surface area contributed by atoms with Gasteiger partial charge < -0.3 is 4.52 Å². The molecule has 0 aliphatic heterocycles. The molecule has 94 valence electrons. The Balaban J connectivity index is 2.58. The van der Waals surface area contributed by atoms with Gasteiger partial charge in [-0.3, -0.25) is 14.0 Å². The molecule has 5 nitrogen and oxygen atoms in total. The van der Waals surface area contributed by atoms with Crippen molar-refractivity contribution in [2.24, 2.45) is 0 Å². The molecule has 0 saturated heterocycles. The molecule has 0 spiro atoms. The van der Waals surface area contributed by atoms with Crippen molar-refractivity contribution in [2.45, 2.75) is 13.8 Å². The van der Waals surface area contributed by atoms with Crippen LogP contribution in [0.4, 0.5) is 0 Å². The number of aromatic nitrogens is 1. The van der Waals surface area contributed by atoms with E-state index in [0.29, 0.717) is 0 Å². The van der Waals surface area contributed by atoms with Crippen molar-refractivity contribution in [1.29, 1.82) is 0 Å². The second-order valence-electron chi connectivity index (χ2n) is 2.97. The molecule has 1 aromatic rings. The summed E-state index contributed by atoms with van der Waals surface area (Å²) < 4.78 is 26.8. The molecule has 0 radical (unpaired) electrons. The highest BCUT2D eigenvalue weighted by Gasteiger charge is 2.24. The standard InChI is InChI=1S/C11H16NO4P/c1-3-14-17(13,15-4-2)16-10-7-11-5-8-12-9-6-11/h5-10H,3-4H2,1-2H3. The molecule has 0 fully saturated rings. The van der Waals surface area contributed by atoms with Crippen LogP contribution in [0.3, 0.4) is 0 Å². The molecule has 0 bridgehead atoms. The zero-order chi connectivity index (χ0) is 12.6. The molecular formula is C11H16NO4P. The van der Waals surface area contributed by atoms with E-state index < -0.39 is 7.82 Å². The fraction of sp³-hybridized carbons (Fsp3) is 0.364. The molecule has 0 amide bonds. The van der Waals surface area contributed by atoms with Crippen molar-refractivity contribution in [1.82, 2.24) is 4.98 Å². The summed E-state index contributed by atoms with van der Waals surface area (Å²) in [7, 11) is -3.46. The normalized spacial score (nSPS) is 11.9. The van der Waals surface area contributed by atoms with Crippen LogP contribution in [-0.4, -0.2) is 18.2 Å². The fourth-order valence-corrected chi connectivity index (χ4v) is 2.11. The molecular weight excluding hydrogens is 241 g/mol. The van der Waals surface area contributed by atoms with Gasteiger partial charge in [0.1, 0.15) is 0 Å². The number of phosphoric acid groups is 1. The minimum Gasteiger partial charge on any atom is -0.412 e. The number of phosphoric ester groups is 1. The first kappa shape index (κ1) is 13.9. The van der Waals surface area contributed by atoms with E-state index in [1.807, 2.05) is 0 Å². The first-order valence-corrected chi connectivity index (χ1v) is 6.80. The third kappa shape index (κ3) is 5.13. The summed E-state index contributed by atoms with van der Waals surface area (Å²) in [5.74, 6) is 0. The van der Waals surface area contributed by atoms with E-state index in [2.05, 4.69) is 4.98 Å². The van der Waals surface area contributed by atoms with Crippen LogP contribution in [0.25, 0.3) is 6.08 Å². The average Bonchev–Trinajstić information content (AvgIpc) is 2.31. The minimum absolute atomic E-state index is 0.264. The molecule has 1 heterocycles. The predicted molar refractivity (Wildman–Crippen MR) is 65.2 cm³/mol. The van der Waals surface area contributed by atoms with Gasteiger partial charge in [0.2, 0.25) is 0 Å². The minimum atomic E-state index is -3.46. The lowest BCUT2D eigenvalue weighted by Crippen LogP contribution is -1.96. The maximum Gasteiger partial charge on any atom is 0.529 e. The van der Waals surface area contributed by atoms with Gasteiger partial charge in [-0.1, -0.05) is 0 Å². The molecule has 0 aromatic carbocycles. The first-order chi connectivity index (χ1) is 8.20. The third-order valence-corrected chi connectivity index (χ3v) is 3.26. The van der Waals surface area contributed by atoms with Crippen LogP contribution in [-0.2, 0) is 18.1 Å². The summed E-state index contributed by atoms with van der Waals surface area (Å²) >= 11 is 0. The molecule has 6 heteroatoms. The Kier molecular flexibility index (Phi) is 5.91. The van der Waals surface area contributed by atoms with Crippen LogP contribution in [0.5, 0.6) is 0 Å². The zero-order valence-corrected chi connectivity index (χ0v) is 10.8. The van der Waals surface area contributed by atoms with Gasteiger partial charge in [-0.15, -0.1) is 0 Å². The van der Waals surface area contributed by atoms with Gasteiger partial charge in [0.15, 0.2) is 0 Å². The van der Waals surface area contributed by atoms with E-state index in [4.69, 9.17) is 13.6 Å². The van der Waals surface area contributed by atoms with Crippen molar-refractivity contribution in [3.8, 4) is 0 Å². The van der Waals surface area contributed by atoms with Gasteiger partial charge in [0, 0.05) is 12.4 Å². The number of hydrogen-bond acceptors (Lipinski definition) is 5. The Morgan fingerprint density at radius 2 is 1.82 bits per heavy atom. The zero-order valence-electron chi connectivity index (χ0n) is 9.91. The lowest BCUT2D eigenvalue weighted by atomic mass is 10.3. The lowest BCUT2D eigenvalue weighted by molar-refractivity contribution is 0.154. The van der Waals surface area contributed by atoms with E-state index in [1.54, 1.807) is 44.4 Å². The summed E-state index contributed by atoms with van der Waals surface area (Å²) in [4.78, 5) is 3.88. The summed E-state index contributed by atoms with van der Waals surface area (Å²) in [5, 5.41) is 0. The molecule has 17 heavy (non-hydrogen) atoms. The SMILES string of the molecule is CCOP(=O)(OC=Cc1ccncc1)OCC. The maximum absolute atomic E-state index is 11.9. The summed E-state index contributed by atoms with van der Waals surface area (Å²) in [6.07, 6.45) is 6.28. The lowest BCUT2D eigenvalue weighted by Gasteiger charge is -2.14. The number of pyridine rings is 1. The summed E-state index contributed by atoms with van der Waals surface area (Å²) in [5.41, 5.74) is 0.888. The van der Waals surface area contributed by atoms with Gasteiger partial charge in [0.05, 0.1) is 19.5 Å². The van der Waals surface area contributed by atoms with E-state index in [-0.39, 0.29) is 13.2 Å². The average molecular weight is 257 g/mol. The van der Waals surface area contributed by atoms with Crippen LogP contribution in [0, 0.1) is 0 Å². The smallest absolute Gasteiger partial charge is 0.412 e. The van der Waals surface area contributed by atoms with Crippen LogP contribution >= 0.6 is 7.82 Å². The quantitative estimate of drug-likeness (QED) is 0.554. The fourth-order valence-electron chi connectivity index (χ4n) is 1.07. The van der Waals surface area contributed by atoms with Crippen LogP contribution < -0.4 is 0 Å². The van der Waals surface area contributed by atoms with Crippen LogP contribution in [0.15, 0.2) is 30.8 Å². The van der Waals surface area contributed by atoms with E-state index in [0.717, 1.165) is 5.56 Å². The highest BCUT2D eigenvalue weighted by atomic mass is 31.2. The maximum atomic E-state index is 11.9. The Morgan fingerprint density at radius 3 is 2.35 bits per heavy atom. The Morgan fingerprint density at radius 1 is 1.24 bits per heavy atom. The highest BCUT2D eigenvalue weighted by molar-refractivity contribution is 7.48. The van der Waals surface area contributed by atoms with Crippen LogP contribution in [0.1, 0.15) is 19.4 Å². The van der Waals surface area contributed by atoms with Crippen molar-refractivity contribution < 1.29 is 18.1 Å². The molecule has 1 aromatic heterocycles. The van der Waals surface area contributed by atoms with Gasteiger partial charge in [0.25, 0.3) is 0 Å². The summed E-state index contributed by atoms with van der Waals surface area (Å²) in [6, 6.07) is 3.60. The molecule has 0 saturated carbocycles. The third-order valence-electron chi connectivity index (χ3n) is 1.73. The molecule has 1 rings (SSSR count). The van der Waals surface area contributed by atoms with E-state index in [1.165, 1.54) is 6.26 Å². The van der Waals surface area contributed by atoms with Crippen molar-refractivity contribution >= 4 is 13.9 Å². The molecule has 0 unspecified atom stereocenters. The Labute approximate surface area is 101 Å². The second-order valence-corrected chi connectivity index (χ2v) is 4.59. The topological polar surface area (TPSA) is 57.7 Å². The first-order valence-electron chi connectivity index (χ1n) is 5.34. The largest absolute Gasteiger partial charge is 0.529 e. The van der Waals surface area contributed by atoms with Gasteiger partial charge in [-0.2, -0.15) is 0 Å². The Hall–Kier alpha value is -1.16. The van der Waals surface area contributed by atoms with E-state index in [9.17, 15) is 4.57 Å². The van der Waals surface area contributed by atoms with E-state index >= 15 is 0 Å². The van der Waals surface area contributed by atoms with Crippen molar-refractivity contribution in [2.75, 3.05) is 13.2 Å². The van der Waals surface area contributed by atoms with Gasteiger partial charge in [-0.25, -0.2) is 4.57 Å².